The van der Waals surface area contributed by atoms with Crippen molar-refractivity contribution in [1.29, 1.82) is 0 Å². The summed E-state index contributed by atoms with van der Waals surface area (Å²) in [6.07, 6.45) is 1.97. The molecule has 3 rings (SSSR count). The lowest BCUT2D eigenvalue weighted by atomic mass is 10.1. The molecule has 0 fully saturated rings. The molecule has 3 nitrogen and oxygen atoms in total. The molecule has 0 atom stereocenters. The van der Waals surface area contributed by atoms with Gasteiger partial charge in [-0.1, -0.05) is 24.3 Å². The van der Waals surface area contributed by atoms with E-state index in [1.165, 1.54) is 22.3 Å². The van der Waals surface area contributed by atoms with E-state index in [1.807, 2.05) is 13.2 Å². The van der Waals surface area contributed by atoms with Gasteiger partial charge in [0.2, 0.25) is 0 Å². The minimum absolute atomic E-state index is 0.869. The van der Waals surface area contributed by atoms with Crippen molar-refractivity contribution in [2.75, 3.05) is 11.9 Å². The second-order valence-electron chi connectivity index (χ2n) is 5.14. The lowest BCUT2D eigenvalue weighted by Crippen LogP contribution is -2.17. The quantitative estimate of drug-likeness (QED) is 0.911. The van der Waals surface area contributed by atoms with E-state index in [-0.39, 0.29) is 0 Å². The normalized spacial score (nSPS) is 13.7. The highest BCUT2D eigenvalue weighted by molar-refractivity contribution is 5.52. The number of benzene rings is 1. The Morgan fingerprint density at radius 1 is 1.21 bits per heavy atom. The summed E-state index contributed by atoms with van der Waals surface area (Å²) in [7, 11) is 1.96. The molecule has 0 amide bonds. The molecule has 0 unspecified atom stereocenters. The molecule has 0 aliphatic carbocycles. The van der Waals surface area contributed by atoms with Crippen molar-refractivity contribution >= 4 is 5.82 Å². The van der Waals surface area contributed by atoms with Crippen molar-refractivity contribution in [2.45, 2.75) is 26.6 Å². The fraction of sp³-hybridized carbons (Fsp3) is 0.312. The molecule has 0 radical (unpaired) electrons. The number of fused-ring (bicyclic) bond motifs is 1. The van der Waals surface area contributed by atoms with Gasteiger partial charge in [0.05, 0.1) is 0 Å². The molecule has 3 heteroatoms. The predicted octanol–water partition coefficient (Wildman–Crippen LogP) is 2.63. The van der Waals surface area contributed by atoms with E-state index in [0.717, 1.165) is 25.5 Å². The lowest BCUT2D eigenvalue weighted by Gasteiger charge is -2.19. The Labute approximate surface area is 114 Å². The van der Waals surface area contributed by atoms with E-state index in [9.17, 15) is 0 Å². The third-order valence-corrected chi connectivity index (χ3v) is 3.63. The van der Waals surface area contributed by atoms with Crippen LogP contribution in [0.2, 0.25) is 0 Å². The van der Waals surface area contributed by atoms with Crippen LogP contribution in [0.15, 0.2) is 36.5 Å². The summed E-state index contributed by atoms with van der Waals surface area (Å²) in [6, 6.07) is 10.9. The molecule has 1 aromatic carbocycles. The summed E-state index contributed by atoms with van der Waals surface area (Å²) in [6.45, 7) is 4.95. The number of aryl methyl sites for hydroxylation is 1. The number of hydrogen-bond acceptors (Lipinski definition) is 3. The first-order chi connectivity index (χ1) is 9.28. The largest absolute Gasteiger partial charge is 0.348 e. The van der Waals surface area contributed by atoms with Crippen LogP contribution in [0.1, 0.15) is 22.3 Å². The van der Waals surface area contributed by atoms with E-state index in [4.69, 9.17) is 0 Å². The standard InChI is InChI=1S/C16H19N3/c1-12-7-13(8-17-2)9-18-16(12)19-10-14-5-3-4-6-15(14)11-19/h3-7,9,17H,8,10-11H2,1-2H3. The van der Waals surface area contributed by atoms with Crippen LogP contribution in [-0.2, 0) is 19.6 Å². The lowest BCUT2D eigenvalue weighted by molar-refractivity contribution is 0.803. The second kappa shape index (κ2) is 5.02. The molecule has 1 N–H and O–H groups in total. The Morgan fingerprint density at radius 3 is 2.47 bits per heavy atom. The second-order valence-corrected chi connectivity index (χ2v) is 5.14. The van der Waals surface area contributed by atoms with Gasteiger partial charge < -0.3 is 10.2 Å². The van der Waals surface area contributed by atoms with Gasteiger partial charge in [0.1, 0.15) is 5.82 Å². The highest BCUT2D eigenvalue weighted by Gasteiger charge is 2.20. The summed E-state index contributed by atoms with van der Waals surface area (Å²) >= 11 is 0. The van der Waals surface area contributed by atoms with E-state index in [1.54, 1.807) is 0 Å². The van der Waals surface area contributed by atoms with Gasteiger partial charge in [0, 0.05) is 25.8 Å². The molecular formula is C16H19N3. The minimum Gasteiger partial charge on any atom is -0.348 e. The van der Waals surface area contributed by atoms with Gasteiger partial charge in [-0.25, -0.2) is 4.98 Å². The van der Waals surface area contributed by atoms with Crippen molar-refractivity contribution in [3.05, 3.63) is 58.8 Å². The van der Waals surface area contributed by atoms with Crippen molar-refractivity contribution in [2.24, 2.45) is 0 Å². The SMILES string of the molecule is CNCc1cnc(N2Cc3ccccc3C2)c(C)c1. The highest BCUT2D eigenvalue weighted by Crippen LogP contribution is 2.28. The fourth-order valence-electron chi connectivity index (χ4n) is 2.74. The number of aromatic nitrogens is 1. The van der Waals surface area contributed by atoms with E-state index in [0.29, 0.717) is 0 Å². The van der Waals surface area contributed by atoms with Crippen molar-refractivity contribution < 1.29 is 0 Å². The van der Waals surface area contributed by atoms with Crippen LogP contribution in [0.4, 0.5) is 5.82 Å². The molecule has 1 aliphatic heterocycles. The molecule has 19 heavy (non-hydrogen) atoms. The Kier molecular flexibility index (Phi) is 3.22. The summed E-state index contributed by atoms with van der Waals surface area (Å²) < 4.78 is 0. The van der Waals surface area contributed by atoms with E-state index < -0.39 is 0 Å². The Balaban J connectivity index is 1.85. The average molecular weight is 253 g/mol. The maximum atomic E-state index is 4.65. The van der Waals surface area contributed by atoms with Crippen LogP contribution < -0.4 is 10.2 Å². The molecule has 0 saturated carbocycles. The Morgan fingerprint density at radius 2 is 1.89 bits per heavy atom. The third kappa shape index (κ3) is 2.34. The number of nitrogens with zero attached hydrogens (tertiary/aromatic N) is 2. The van der Waals surface area contributed by atoms with Gasteiger partial charge in [-0.2, -0.15) is 0 Å². The van der Waals surface area contributed by atoms with Crippen LogP contribution >= 0.6 is 0 Å². The van der Waals surface area contributed by atoms with Crippen LogP contribution in [0.5, 0.6) is 0 Å². The third-order valence-electron chi connectivity index (χ3n) is 3.63. The Hall–Kier alpha value is -1.87. The predicted molar refractivity (Wildman–Crippen MR) is 78.1 cm³/mol. The molecule has 0 bridgehead atoms. The van der Waals surface area contributed by atoms with Gasteiger partial charge in [-0.15, -0.1) is 0 Å². The molecule has 98 valence electrons. The first-order valence-electron chi connectivity index (χ1n) is 6.70. The van der Waals surface area contributed by atoms with Crippen molar-refractivity contribution in [3.8, 4) is 0 Å². The average Bonchev–Trinajstić information content (AvgIpc) is 2.82. The zero-order chi connectivity index (χ0) is 13.2. The maximum absolute atomic E-state index is 4.65. The maximum Gasteiger partial charge on any atom is 0.132 e. The van der Waals surface area contributed by atoms with Gasteiger partial charge >= 0.3 is 0 Å². The number of hydrogen-bond donors (Lipinski definition) is 1. The topological polar surface area (TPSA) is 28.2 Å². The van der Waals surface area contributed by atoms with Crippen molar-refractivity contribution in [1.82, 2.24) is 10.3 Å². The summed E-state index contributed by atoms with van der Waals surface area (Å²) in [4.78, 5) is 7.00. The highest BCUT2D eigenvalue weighted by atomic mass is 15.2. The fourth-order valence-corrected chi connectivity index (χ4v) is 2.74. The van der Waals surface area contributed by atoms with Gasteiger partial charge in [-0.05, 0) is 42.3 Å². The molecule has 0 saturated heterocycles. The summed E-state index contributed by atoms with van der Waals surface area (Å²) in [5.74, 6) is 1.11. The van der Waals surface area contributed by atoms with Crippen molar-refractivity contribution in [3.63, 3.8) is 0 Å². The molecular weight excluding hydrogens is 234 g/mol. The first-order valence-corrected chi connectivity index (χ1v) is 6.70. The van der Waals surface area contributed by atoms with E-state index in [2.05, 4.69) is 52.5 Å². The molecule has 1 aromatic heterocycles. The Bertz CT molecular complexity index is 567. The first kappa shape index (κ1) is 12.2. The van der Waals surface area contributed by atoms with Crippen LogP contribution in [0.25, 0.3) is 0 Å². The molecule has 0 spiro atoms. The summed E-state index contributed by atoms with van der Waals surface area (Å²) in [5.41, 5.74) is 5.33. The smallest absolute Gasteiger partial charge is 0.132 e. The zero-order valence-electron chi connectivity index (χ0n) is 11.5. The van der Waals surface area contributed by atoms with Gasteiger partial charge in [-0.3, -0.25) is 0 Å². The van der Waals surface area contributed by atoms with E-state index >= 15 is 0 Å². The number of nitrogens with one attached hydrogen (secondary N) is 1. The molecule has 2 heterocycles. The molecule has 2 aromatic rings. The number of anilines is 1. The van der Waals surface area contributed by atoms with Gasteiger partial charge in [0.25, 0.3) is 0 Å². The number of rotatable bonds is 3. The summed E-state index contributed by atoms with van der Waals surface area (Å²) in [5, 5.41) is 3.16. The molecule has 1 aliphatic rings. The minimum atomic E-state index is 0.869. The monoisotopic (exact) mass is 253 g/mol. The van der Waals surface area contributed by atoms with Gasteiger partial charge in [0.15, 0.2) is 0 Å². The zero-order valence-corrected chi connectivity index (χ0v) is 11.5. The number of pyridine rings is 1. The van der Waals surface area contributed by atoms with Crippen LogP contribution in [-0.4, -0.2) is 12.0 Å². The van der Waals surface area contributed by atoms with Crippen LogP contribution in [0.3, 0.4) is 0 Å². The van der Waals surface area contributed by atoms with Crippen LogP contribution in [0, 0.1) is 6.92 Å².